The van der Waals surface area contributed by atoms with Gasteiger partial charge in [-0.25, -0.2) is 0 Å². The van der Waals surface area contributed by atoms with Crippen LogP contribution in [0.5, 0.6) is 0 Å². The van der Waals surface area contributed by atoms with Gasteiger partial charge in [-0.05, 0) is 43.5 Å². The van der Waals surface area contributed by atoms with Crippen LogP contribution in [-0.4, -0.2) is 0 Å². The van der Waals surface area contributed by atoms with Crippen LogP contribution in [0.25, 0.3) is 0 Å². The van der Waals surface area contributed by atoms with E-state index in [4.69, 9.17) is 0 Å². The molecular weight excluding hydrogens is 298 g/mol. The minimum atomic E-state index is 0.362. The lowest BCUT2D eigenvalue weighted by atomic mass is 10.1. The van der Waals surface area contributed by atoms with E-state index < -0.39 is 0 Å². The van der Waals surface area contributed by atoms with Crippen LogP contribution in [0.15, 0.2) is 46.9 Å². The number of rotatable bonds is 4. The average molecular weight is 318 g/mol. The van der Waals surface area contributed by atoms with Gasteiger partial charge in [-0.3, -0.25) is 0 Å². The topological polar surface area (TPSA) is 12.0 Å². The summed E-state index contributed by atoms with van der Waals surface area (Å²) in [5.74, 6) is 0. The number of nitrogens with one attached hydrogen (secondary N) is 1. The fourth-order valence-corrected chi connectivity index (χ4v) is 2.42. The minimum absolute atomic E-state index is 0.362. The molecule has 0 saturated heterocycles. The van der Waals surface area contributed by atoms with E-state index in [-0.39, 0.29) is 0 Å². The molecule has 0 bridgehead atoms. The summed E-state index contributed by atoms with van der Waals surface area (Å²) in [4.78, 5) is 0. The molecule has 0 aliphatic rings. The van der Waals surface area contributed by atoms with Crippen molar-refractivity contribution in [2.75, 3.05) is 0 Å². The molecule has 100 valence electrons. The summed E-state index contributed by atoms with van der Waals surface area (Å²) >= 11 is 3.58. The second-order valence-corrected chi connectivity index (χ2v) is 5.95. The van der Waals surface area contributed by atoms with E-state index in [0.29, 0.717) is 6.04 Å². The van der Waals surface area contributed by atoms with Gasteiger partial charge in [-0.15, -0.1) is 0 Å². The van der Waals surface area contributed by atoms with E-state index in [1.807, 2.05) is 0 Å². The summed E-state index contributed by atoms with van der Waals surface area (Å²) < 4.78 is 1.18. The van der Waals surface area contributed by atoms with Gasteiger partial charge in [0.1, 0.15) is 0 Å². The Bertz CT molecular complexity index is 546. The highest BCUT2D eigenvalue weighted by Crippen LogP contribution is 2.19. The largest absolute Gasteiger partial charge is 0.306 e. The Kier molecular flexibility index (Phi) is 4.78. The predicted molar refractivity (Wildman–Crippen MR) is 85.3 cm³/mol. The molecule has 0 aliphatic carbocycles. The van der Waals surface area contributed by atoms with Crippen LogP contribution in [0.3, 0.4) is 0 Å². The van der Waals surface area contributed by atoms with Crippen molar-refractivity contribution in [1.29, 1.82) is 0 Å². The molecule has 0 spiro atoms. The molecule has 0 heterocycles. The van der Waals surface area contributed by atoms with E-state index in [2.05, 4.69) is 84.5 Å². The van der Waals surface area contributed by atoms with Gasteiger partial charge in [-0.2, -0.15) is 0 Å². The molecule has 2 heteroatoms. The van der Waals surface area contributed by atoms with Crippen molar-refractivity contribution in [3.8, 4) is 0 Å². The van der Waals surface area contributed by atoms with Crippen LogP contribution in [0.1, 0.15) is 35.2 Å². The number of benzene rings is 2. The fraction of sp³-hybridized carbons (Fsp3) is 0.294. The van der Waals surface area contributed by atoms with Gasteiger partial charge < -0.3 is 5.32 Å². The van der Waals surface area contributed by atoms with Crippen molar-refractivity contribution in [2.24, 2.45) is 0 Å². The Morgan fingerprint density at radius 2 is 1.74 bits per heavy atom. The Morgan fingerprint density at radius 3 is 2.37 bits per heavy atom. The molecule has 2 rings (SSSR count). The number of hydrogen-bond acceptors (Lipinski definition) is 1. The number of halogens is 1. The monoisotopic (exact) mass is 317 g/mol. The maximum Gasteiger partial charge on any atom is 0.0294 e. The Labute approximate surface area is 124 Å². The third-order valence-corrected chi connectivity index (χ3v) is 4.28. The summed E-state index contributed by atoms with van der Waals surface area (Å²) in [6, 6.07) is 15.6. The third kappa shape index (κ3) is 3.92. The molecule has 2 aromatic carbocycles. The Hall–Kier alpha value is -1.12. The molecule has 0 unspecified atom stereocenters. The van der Waals surface area contributed by atoms with E-state index >= 15 is 0 Å². The van der Waals surface area contributed by atoms with Gasteiger partial charge in [0.15, 0.2) is 0 Å². The van der Waals surface area contributed by atoms with E-state index in [9.17, 15) is 0 Å². The lowest BCUT2D eigenvalue weighted by Crippen LogP contribution is -2.18. The SMILES string of the molecule is Cc1ccc([C@@H](C)NCc2ccc(C)c(Br)c2)cc1. The Balaban J connectivity index is 1.98. The molecular formula is C17H20BrN. The van der Waals surface area contributed by atoms with Gasteiger partial charge in [0.2, 0.25) is 0 Å². The van der Waals surface area contributed by atoms with Crippen molar-refractivity contribution in [2.45, 2.75) is 33.4 Å². The zero-order chi connectivity index (χ0) is 13.8. The molecule has 2 aromatic rings. The van der Waals surface area contributed by atoms with Gasteiger partial charge >= 0.3 is 0 Å². The zero-order valence-electron chi connectivity index (χ0n) is 11.7. The lowest BCUT2D eigenvalue weighted by molar-refractivity contribution is 0.574. The first kappa shape index (κ1) is 14.3. The van der Waals surface area contributed by atoms with Crippen molar-refractivity contribution in [1.82, 2.24) is 5.32 Å². The summed E-state index contributed by atoms with van der Waals surface area (Å²) in [5, 5.41) is 3.56. The van der Waals surface area contributed by atoms with E-state index in [0.717, 1.165) is 6.54 Å². The third-order valence-electron chi connectivity index (χ3n) is 3.43. The smallest absolute Gasteiger partial charge is 0.0294 e. The molecule has 1 N–H and O–H groups in total. The van der Waals surface area contributed by atoms with Crippen LogP contribution in [0, 0.1) is 13.8 Å². The molecule has 0 aromatic heterocycles. The first-order valence-corrected chi connectivity index (χ1v) is 7.40. The van der Waals surface area contributed by atoms with Gasteiger partial charge in [0.25, 0.3) is 0 Å². The molecule has 0 saturated carbocycles. The molecule has 0 fully saturated rings. The Morgan fingerprint density at radius 1 is 1.05 bits per heavy atom. The van der Waals surface area contributed by atoms with Crippen LogP contribution in [0.2, 0.25) is 0 Å². The van der Waals surface area contributed by atoms with Crippen molar-refractivity contribution >= 4 is 15.9 Å². The average Bonchev–Trinajstić information content (AvgIpc) is 2.40. The first-order chi connectivity index (χ1) is 9.06. The highest BCUT2D eigenvalue weighted by Gasteiger charge is 2.05. The summed E-state index contributed by atoms with van der Waals surface area (Å²) in [7, 11) is 0. The first-order valence-electron chi connectivity index (χ1n) is 6.61. The number of aryl methyl sites for hydroxylation is 2. The van der Waals surface area contributed by atoms with Gasteiger partial charge in [0.05, 0.1) is 0 Å². The fourth-order valence-electron chi connectivity index (χ4n) is 1.99. The highest BCUT2D eigenvalue weighted by atomic mass is 79.9. The molecule has 0 radical (unpaired) electrons. The van der Waals surface area contributed by atoms with Crippen LogP contribution >= 0.6 is 15.9 Å². The predicted octanol–water partition coefficient (Wildman–Crippen LogP) is 4.92. The summed E-state index contributed by atoms with van der Waals surface area (Å²) in [5.41, 5.74) is 5.21. The molecule has 1 atom stereocenters. The maximum atomic E-state index is 3.58. The summed E-state index contributed by atoms with van der Waals surface area (Å²) in [6.07, 6.45) is 0. The number of hydrogen-bond donors (Lipinski definition) is 1. The van der Waals surface area contributed by atoms with Crippen LogP contribution in [-0.2, 0) is 6.54 Å². The van der Waals surface area contributed by atoms with Gasteiger partial charge in [-0.1, -0.05) is 57.9 Å². The molecule has 1 nitrogen and oxygen atoms in total. The second-order valence-electron chi connectivity index (χ2n) is 5.10. The van der Waals surface area contributed by atoms with E-state index in [1.165, 1.54) is 26.7 Å². The minimum Gasteiger partial charge on any atom is -0.306 e. The standard InChI is InChI=1S/C17H20BrN/c1-12-4-8-16(9-5-12)14(3)19-11-15-7-6-13(2)17(18)10-15/h4-10,14,19H,11H2,1-3H3/t14-/m1/s1. The van der Waals surface area contributed by atoms with Gasteiger partial charge in [0, 0.05) is 17.1 Å². The van der Waals surface area contributed by atoms with Crippen molar-refractivity contribution in [3.05, 3.63) is 69.2 Å². The summed E-state index contributed by atoms with van der Waals surface area (Å²) in [6.45, 7) is 7.31. The normalized spacial score (nSPS) is 12.4. The highest BCUT2D eigenvalue weighted by molar-refractivity contribution is 9.10. The van der Waals surface area contributed by atoms with Crippen LogP contribution in [0.4, 0.5) is 0 Å². The van der Waals surface area contributed by atoms with E-state index in [1.54, 1.807) is 0 Å². The second kappa shape index (κ2) is 6.36. The quantitative estimate of drug-likeness (QED) is 0.844. The maximum absolute atomic E-state index is 3.58. The van der Waals surface area contributed by atoms with Crippen LogP contribution < -0.4 is 5.32 Å². The molecule has 0 aliphatic heterocycles. The zero-order valence-corrected chi connectivity index (χ0v) is 13.3. The van der Waals surface area contributed by atoms with Crippen molar-refractivity contribution in [3.63, 3.8) is 0 Å². The van der Waals surface area contributed by atoms with Crippen molar-refractivity contribution < 1.29 is 0 Å². The molecule has 19 heavy (non-hydrogen) atoms. The molecule has 0 amide bonds. The lowest BCUT2D eigenvalue weighted by Gasteiger charge is -2.15.